The molecule has 0 radical (unpaired) electrons. The minimum Gasteiger partial charge on any atom is -0.429 e. The lowest BCUT2D eigenvalue weighted by Crippen LogP contribution is -2.39. The van der Waals surface area contributed by atoms with E-state index in [2.05, 4.69) is 13.8 Å². The van der Waals surface area contributed by atoms with Gasteiger partial charge in [0, 0.05) is 25.7 Å². The molecule has 0 bridgehead atoms. The van der Waals surface area contributed by atoms with Crippen LogP contribution in [0.2, 0.25) is 0 Å². The van der Waals surface area contributed by atoms with E-state index >= 15 is 0 Å². The van der Waals surface area contributed by atoms with Gasteiger partial charge in [0.1, 0.15) is 0 Å². The zero-order valence-corrected chi connectivity index (χ0v) is 12.6. The average molecular weight is 286 g/mol. The number of unbranched alkanes of at least 4 members (excludes halogenated alkanes) is 2. The van der Waals surface area contributed by atoms with E-state index in [4.69, 9.17) is 14.5 Å². The first-order valence-electron chi connectivity index (χ1n) is 7.72. The number of esters is 1. The Kier molecular flexibility index (Phi) is 7.59. The molecule has 5 heteroatoms. The van der Waals surface area contributed by atoms with Crippen LogP contribution in [-0.2, 0) is 24.1 Å². The number of carbonyl (C=O) groups is 2. The summed E-state index contributed by atoms with van der Waals surface area (Å²) in [6.07, 6.45) is 6.63. The molecule has 0 unspecified atom stereocenters. The molecule has 0 spiro atoms. The SMILES string of the molecule is CCCCC1(CCCC)OOC(=O)CCCCC(=O)O1. The molecule has 0 aromatic carbocycles. The van der Waals surface area contributed by atoms with Crippen LogP contribution in [0.5, 0.6) is 0 Å². The van der Waals surface area contributed by atoms with Crippen LogP contribution in [0.3, 0.4) is 0 Å². The molecule has 1 rings (SSSR count). The van der Waals surface area contributed by atoms with E-state index in [1.165, 1.54) is 0 Å². The third-order valence-corrected chi connectivity index (χ3v) is 3.42. The smallest absolute Gasteiger partial charge is 0.342 e. The quantitative estimate of drug-likeness (QED) is 0.551. The molecule has 0 amide bonds. The standard InChI is InChI=1S/C15H26O5/c1-3-5-11-15(12-6-4-2)18-13(16)9-7-8-10-14(17)19-20-15/h3-12H2,1-2H3. The fourth-order valence-corrected chi connectivity index (χ4v) is 2.18. The Hall–Kier alpha value is -1.10. The van der Waals surface area contributed by atoms with Gasteiger partial charge in [0.2, 0.25) is 0 Å². The summed E-state index contributed by atoms with van der Waals surface area (Å²) in [5.74, 6) is -1.76. The molecule has 0 aromatic heterocycles. The molecule has 5 nitrogen and oxygen atoms in total. The minimum absolute atomic E-state index is 0.268. The first kappa shape index (κ1) is 17.0. The predicted molar refractivity (Wildman–Crippen MR) is 73.5 cm³/mol. The van der Waals surface area contributed by atoms with Crippen molar-refractivity contribution in [1.82, 2.24) is 0 Å². The summed E-state index contributed by atoms with van der Waals surface area (Å²) >= 11 is 0. The summed E-state index contributed by atoms with van der Waals surface area (Å²) in [5, 5.41) is 0. The summed E-state index contributed by atoms with van der Waals surface area (Å²) in [6, 6.07) is 0. The summed E-state index contributed by atoms with van der Waals surface area (Å²) < 4.78 is 5.53. The molecule has 20 heavy (non-hydrogen) atoms. The van der Waals surface area contributed by atoms with Crippen LogP contribution in [0.1, 0.15) is 78.1 Å². The van der Waals surface area contributed by atoms with Gasteiger partial charge in [-0.15, -0.1) is 4.89 Å². The molecule has 116 valence electrons. The summed E-state index contributed by atoms with van der Waals surface area (Å²) in [7, 11) is 0. The number of hydrogen-bond acceptors (Lipinski definition) is 5. The minimum atomic E-state index is -1.10. The van der Waals surface area contributed by atoms with Crippen molar-refractivity contribution in [1.29, 1.82) is 0 Å². The van der Waals surface area contributed by atoms with E-state index in [1.54, 1.807) is 0 Å². The maximum atomic E-state index is 11.9. The normalized spacial score (nSPS) is 20.1. The number of cyclic esters (lactones) is 1. The Balaban J connectivity index is 2.79. The van der Waals surface area contributed by atoms with Crippen molar-refractivity contribution in [3.63, 3.8) is 0 Å². The van der Waals surface area contributed by atoms with Crippen LogP contribution in [0.4, 0.5) is 0 Å². The van der Waals surface area contributed by atoms with Gasteiger partial charge in [-0.1, -0.05) is 26.7 Å². The fourth-order valence-electron chi connectivity index (χ4n) is 2.18. The van der Waals surface area contributed by atoms with Gasteiger partial charge >= 0.3 is 11.9 Å². The molecular weight excluding hydrogens is 260 g/mol. The van der Waals surface area contributed by atoms with E-state index in [0.717, 1.165) is 25.7 Å². The molecule has 0 N–H and O–H groups in total. The number of ether oxygens (including phenoxy) is 1. The largest absolute Gasteiger partial charge is 0.429 e. The van der Waals surface area contributed by atoms with Crippen molar-refractivity contribution in [3.05, 3.63) is 0 Å². The van der Waals surface area contributed by atoms with Gasteiger partial charge in [0.25, 0.3) is 5.79 Å². The lowest BCUT2D eigenvalue weighted by Gasteiger charge is -2.31. The van der Waals surface area contributed by atoms with E-state index in [0.29, 0.717) is 32.1 Å². The highest BCUT2D eigenvalue weighted by molar-refractivity contribution is 5.71. The highest BCUT2D eigenvalue weighted by Crippen LogP contribution is 2.29. The van der Waals surface area contributed by atoms with E-state index < -0.39 is 5.79 Å². The summed E-state index contributed by atoms with van der Waals surface area (Å²) in [6.45, 7) is 4.11. The van der Waals surface area contributed by atoms with Gasteiger partial charge in [-0.05, 0) is 25.7 Å². The van der Waals surface area contributed by atoms with Gasteiger partial charge in [0.15, 0.2) is 0 Å². The van der Waals surface area contributed by atoms with Crippen LogP contribution in [0, 0.1) is 0 Å². The molecule has 0 aliphatic carbocycles. The van der Waals surface area contributed by atoms with Gasteiger partial charge in [-0.2, -0.15) is 0 Å². The van der Waals surface area contributed by atoms with Crippen molar-refractivity contribution >= 4 is 11.9 Å². The first-order chi connectivity index (χ1) is 9.62. The maximum Gasteiger partial charge on any atom is 0.342 e. The van der Waals surface area contributed by atoms with Crippen molar-refractivity contribution in [2.24, 2.45) is 0 Å². The Morgan fingerprint density at radius 1 is 0.950 bits per heavy atom. The molecule has 0 aromatic rings. The Bertz CT molecular complexity index is 305. The lowest BCUT2D eigenvalue weighted by molar-refractivity contribution is -0.398. The van der Waals surface area contributed by atoms with E-state index in [-0.39, 0.29) is 18.4 Å². The van der Waals surface area contributed by atoms with Crippen LogP contribution in [0.15, 0.2) is 0 Å². The van der Waals surface area contributed by atoms with Crippen LogP contribution in [0.25, 0.3) is 0 Å². The molecule has 1 saturated heterocycles. The van der Waals surface area contributed by atoms with Crippen molar-refractivity contribution in [2.45, 2.75) is 83.8 Å². The second-order valence-corrected chi connectivity index (χ2v) is 5.34. The monoisotopic (exact) mass is 286 g/mol. The molecular formula is C15H26O5. The van der Waals surface area contributed by atoms with Gasteiger partial charge < -0.3 is 4.74 Å². The fraction of sp³-hybridized carbons (Fsp3) is 0.867. The van der Waals surface area contributed by atoms with E-state index in [1.807, 2.05) is 0 Å². The summed E-state index contributed by atoms with van der Waals surface area (Å²) in [5.41, 5.74) is 0. The maximum absolute atomic E-state index is 11.9. The summed E-state index contributed by atoms with van der Waals surface area (Å²) in [4.78, 5) is 33.6. The van der Waals surface area contributed by atoms with Crippen LogP contribution in [-0.4, -0.2) is 17.7 Å². The highest BCUT2D eigenvalue weighted by Gasteiger charge is 2.37. The lowest BCUT2D eigenvalue weighted by atomic mass is 10.0. The zero-order chi connectivity index (χ0) is 14.8. The van der Waals surface area contributed by atoms with Crippen LogP contribution < -0.4 is 0 Å². The zero-order valence-electron chi connectivity index (χ0n) is 12.6. The topological polar surface area (TPSA) is 61.8 Å². The first-order valence-corrected chi connectivity index (χ1v) is 7.72. The van der Waals surface area contributed by atoms with Gasteiger partial charge in [0.05, 0.1) is 0 Å². The van der Waals surface area contributed by atoms with Crippen molar-refractivity contribution in [3.8, 4) is 0 Å². The van der Waals surface area contributed by atoms with Crippen molar-refractivity contribution < 1.29 is 24.1 Å². The molecule has 1 fully saturated rings. The van der Waals surface area contributed by atoms with E-state index in [9.17, 15) is 9.59 Å². The second kappa shape index (κ2) is 8.95. The molecule has 0 atom stereocenters. The molecule has 0 saturated carbocycles. The molecule has 1 aliphatic rings. The predicted octanol–water partition coefficient (Wildman–Crippen LogP) is 3.66. The third kappa shape index (κ3) is 5.90. The van der Waals surface area contributed by atoms with Gasteiger partial charge in [-0.3, -0.25) is 9.68 Å². The van der Waals surface area contributed by atoms with Crippen LogP contribution >= 0.6 is 0 Å². The van der Waals surface area contributed by atoms with Gasteiger partial charge in [-0.25, -0.2) is 4.79 Å². The Morgan fingerprint density at radius 3 is 2.05 bits per heavy atom. The average Bonchev–Trinajstić information content (AvgIpc) is 2.44. The Morgan fingerprint density at radius 2 is 1.50 bits per heavy atom. The second-order valence-electron chi connectivity index (χ2n) is 5.34. The highest BCUT2D eigenvalue weighted by atomic mass is 17.2. The molecule has 1 aliphatic heterocycles. The number of rotatable bonds is 6. The Labute approximate surface area is 120 Å². The number of hydrogen-bond donors (Lipinski definition) is 0. The third-order valence-electron chi connectivity index (χ3n) is 3.42. The number of carbonyl (C=O) groups excluding carboxylic acids is 2. The van der Waals surface area contributed by atoms with Crippen molar-refractivity contribution in [2.75, 3.05) is 0 Å². The molecule has 1 heterocycles.